The Morgan fingerprint density at radius 1 is 1.27 bits per heavy atom. The van der Waals surface area contributed by atoms with Gasteiger partial charge in [-0.2, -0.15) is 5.10 Å². The van der Waals surface area contributed by atoms with Gasteiger partial charge >= 0.3 is 0 Å². The zero-order chi connectivity index (χ0) is 18.1. The van der Waals surface area contributed by atoms with Crippen LogP contribution in [-0.4, -0.2) is 49.9 Å². The minimum absolute atomic E-state index is 0.262. The van der Waals surface area contributed by atoms with Crippen LogP contribution >= 0.6 is 11.8 Å². The molecule has 0 spiro atoms. The molecule has 134 valence electrons. The molecule has 6 heteroatoms. The van der Waals surface area contributed by atoms with Gasteiger partial charge < -0.3 is 10.2 Å². The molecule has 1 aliphatic heterocycles. The summed E-state index contributed by atoms with van der Waals surface area (Å²) < 4.78 is 0. The summed E-state index contributed by atoms with van der Waals surface area (Å²) in [6, 6.07) is 11.5. The molecule has 1 aliphatic rings. The highest BCUT2D eigenvalue weighted by Crippen LogP contribution is 2.37. The van der Waals surface area contributed by atoms with Crippen LogP contribution in [0.4, 0.5) is 0 Å². The van der Waals surface area contributed by atoms with Gasteiger partial charge in [0.05, 0.1) is 11.7 Å². The van der Waals surface area contributed by atoms with Crippen LogP contribution in [0.25, 0.3) is 22.0 Å². The number of nitrogens with one attached hydrogen (secondary N) is 1. The van der Waals surface area contributed by atoms with E-state index in [1.807, 2.05) is 35.0 Å². The highest BCUT2D eigenvalue weighted by molar-refractivity contribution is 8.00. The molecule has 0 aliphatic carbocycles. The Hall–Kier alpha value is -2.28. The third-order valence-corrected chi connectivity index (χ3v) is 6.09. The number of likely N-dealkylation sites (tertiary alicyclic amines) is 1. The lowest BCUT2D eigenvalue weighted by Gasteiger charge is -2.19. The number of thioether (sulfide) groups is 1. The monoisotopic (exact) mass is 367 g/mol. The number of phenols is 1. The first-order valence-electron chi connectivity index (χ1n) is 8.62. The van der Waals surface area contributed by atoms with E-state index in [9.17, 15) is 10.2 Å². The fourth-order valence-electron chi connectivity index (χ4n) is 3.36. The third kappa shape index (κ3) is 3.35. The van der Waals surface area contributed by atoms with Crippen LogP contribution in [0.5, 0.6) is 5.75 Å². The minimum Gasteiger partial charge on any atom is -0.508 e. The number of aliphatic hydroxyl groups is 1. The van der Waals surface area contributed by atoms with Crippen LogP contribution in [-0.2, 0) is 0 Å². The molecule has 1 unspecified atom stereocenters. The van der Waals surface area contributed by atoms with Crippen molar-refractivity contribution in [2.75, 3.05) is 13.1 Å². The van der Waals surface area contributed by atoms with E-state index in [1.54, 1.807) is 18.2 Å². The lowest BCUT2D eigenvalue weighted by Crippen LogP contribution is -2.31. The highest BCUT2D eigenvalue weighted by atomic mass is 32.2. The fraction of sp³-hybridized carbons (Fsp3) is 0.250. The first kappa shape index (κ1) is 17.1. The summed E-state index contributed by atoms with van der Waals surface area (Å²) in [7, 11) is 0. The van der Waals surface area contributed by atoms with Crippen LogP contribution in [0.15, 0.2) is 60.1 Å². The van der Waals surface area contributed by atoms with Gasteiger partial charge in [0.1, 0.15) is 12.0 Å². The lowest BCUT2D eigenvalue weighted by atomic mass is 10.0. The van der Waals surface area contributed by atoms with Gasteiger partial charge in [-0.3, -0.25) is 10.00 Å². The largest absolute Gasteiger partial charge is 0.508 e. The molecule has 26 heavy (non-hydrogen) atoms. The van der Waals surface area contributed by atoms with E-state index in [0.29, 0.717) is 5.25 Å². The summed E-state index contributed by atoms with van der Waals surface area (Å²) in [6.07, 6.45) is 3.90. The Morgan fingerprint density at radius 2 is 2.08 bits per heavy atom. The van der Waals surface area contributed by atoms with Gasteiger partial charge in [0.2, 0.25) is 0 Å². The lowest BCUT2D eigenvalue weighted by molar-refractivity contribution is 0.0619. The molecule has 1 saturated heterocycles. The second-order valence-corrected chi connectivity index (χ2v) is 7.87. The van der Waals surface area contributed by atoms with E-state index in [0.717, 1.165) is 41.5 Å². The number of H-pyrrole nitrogens is 1. The molecule has 0 bridgehead atoms. The number of aromatic amines is 1. The van der Waals surface area contributed by atoms with Gasteiger partial charge in [0, 0.05) is 28.6 Å². The predicted octanol–water partition coefficient (Wildman–Crippen LogP) is 3.61. The molecule has 2 heterocycles. The molecule has 2 aromatic carbocycles. The number of aromatic nitrogens is 2. The van der Waals surface area contributed by atoms with Gasteiger partial charge in [-0.25, -0.2) is 0 Å². The molecule has 1 fully saturated rings. The first-order chi connectivity index (χ1) is 12.6. The summed E-state index contributed by atoms with van der Waals surface area (Å²) in [5.74, 6) is 0.262. The van der Waals surface area contributed by atoms with E-state index in [2.05, 4.69) is 28.9 Å². The van der Waals surface area contributed by atoms with Crippen molar-refractivity contribution in [1.29, 1.82) is 0 Å². The van der Waals surface area contributed by atoms with E-state index in [1.165, 1.54) is 4.90 Å². The summed E-state index contributed by atoms with van der Waals surface area (Å²) in [6.45, 7) is 5.38. The number of phenolic OH excluding ortho intramolecular Hbond substituents is 1. The topological polar surface area (TPSA) is 72.4 Å². The molecule has 0 saturated carbocycles. The SMILES string of the molecule is C=CC(O)N1CC[C@H](Sc2cc(-c3ccc(O)cc3)cc3[nH]ncc23)C1. The van der Waals surface area contributed by atoms with Gasteiger partial charge in [0.15, 0.2) is 0 Å². The number of aliphatic hydroxyl groups excluding tert-OH is 1. The number of rotatable bonds is 5. The Balaban J connectivity index is 1.63. The Kier molecular flexibility index (Phi) is 4.72. The maximum atomic E-state index is 9.96. The van der Waals surface area contributed by atoms with Crippen molar-refractivity contribution in [3.8, 4) is 16.9 Å². The number of hydrogen-bond donors (Lipinski definition) is 3. The molecule has 3 aromatic rings. The second kappa shape index (κ2) is 7.15. The minimum atomic E-state index is -0.571. The van der Waals surface area contributed by atoms with Gasteiger partial charge in [-0.05, 0) is 47.9 Å². The number of fused-ring (bicyclic) bond motifs is 1. The maximum Gasteiger partial charge on any atom is 0.126 e. The molecule has 5 nitrogen and oxygen atoms in total. The van der Waals surface area contributed by atoms with Crippen molar-refractivity contribution in [3.63, 3.8) is 0 Å². The van der Waals surface area contributed by atoms with Crippen LogP contribution in [0.2, 0.25) is 0 Å². The van der Waals surface area contributed by atoms with E-state index >= 15 is 0 Å². The molecule has 2 atom stereocenters. The van der Waals surface area contributed by atoms with Crippen molar-refractivity contribution in [1.82, 2.24) is 15.1 Å². The van der Waals surface area contributed by atoms with Crippen molar-refractivity contribution in [2.24, 2.45) is 0 Å². The Bertz CT molecular complexity index is 922. The van der Waals surface area contributed by atoms with Gasteiger partial charge in [0.25, 0.3) is 0 Å². The third-order valence-electron chi connectivity index (χ3n) is 4.78. The molecular weight excluding hydrogens is 346 g/mol. The van der Waals surface area contributed by atoms with Crippen LogP contribution in [0.3, 0.4) is 0 Å². The van der Waals surface area contributed by atoms with Crippen LogP contribution in [0.1, 0.15) is 6.42 Å². The molecular formula is C20H21N3O2S. The first-order valence-corrected chi connectivity index (χ1v) is 9.50. The second-order valence-electron chi connectivity index (χ2n) is 6.53. The van der Waals surface area contributed by atoms with Crippen molar-refractivity contribution < 1.29 is 10.2 Å². The predicted molar refractivity (Wildman–Crippen MR) is 105 cm³/mol. The molecule has 0 radical (unpaired) electrons. The molecule has 1 aromatic heterocycles. The van der Waals surface area contributed by atoms with E-state index in [-0.39, 0.29) is 5.75 Å². The highest BCUT2D eigenvalue weighted by Gasteiger charge is 2.27. The average Bonchev–Trinajstić information content (AvgIpc) is 3.31. The normalized spacial score (nSPS) is 19.0. The van der Waals surface area contributed by atoms with Crippen molar-refractivity contribution in [2.45, 2.75) is 22.8 Å². The summed E-state index contributed by atoms with van der Waals surface area (Å²) in [5, 5.41) is 28.3. The molecule has 0 amide bonds. The van der Waals surface area contributed by atoms with Crippen LogP contribution < -0.4 is 0 Å². The van der Waals surface area contributed by atoms with Gasteiger partial charge in [-0.1, -0.05) is 18.7 Å². The van der Waals surface area contributed by atoms with E-state index < -0.39 is 6.23 Å². The standard InChI is InChI=1S/C20H21N3O2S/c1-2-20(25)23-8-7-16(12-23)26-19-10-14(9-18-17(19)11-21-22-18)13-3-5-15(24)6-4-13/h2-6,9-11,16,20,24-25H,1,7-8,12H2,(H,21,22)/t16-,20?/m0/s1. The molecule has 4 rings (SSSR count). The smallest absolute Gasteiger partial charge is 0.126 e. The Labute approximate surface area is 156 Å². The van der Waals surface area contributed by atoms with Gasteiger partial charge in [-0.15, -0.1) is 11.8 Å². The molecule has 3 N–H and O–H groups in total. The maximum absolute atomic E-state index is 9.96. The van der Waals surface area contributed by atoms with Crippen molar-refractivity contribution >= 4 is 22.7 Å². The van der Waals surface area contributed by atoms with Crippen molar-refractivity contribution in [3.05, 3.63) is 55.3 Å². The number of aromatic hydroxyl groups is 1. The zero-order valence-corrected chi connectivity index (χ0v) is 15.1. The number of nitrogens with zero attached hydrogens (tertiary/aromatic N) is 2. The van der Waals surface area contributed by atoms with Crippen LogP contribution in [0, 0.1) is 0 Å². The average molecular weight is 367 g/mol. The number of benzene rings is 2. The fourth-order valence-corrected chi connectivity index (χ4v) is 4.69. The summed E-state index contributed by atoms with van der Waals surface area (Å²) in [5.41, 5.74) is 3.14. The zero-order valence-electron chi connectivity index (χ0n) is 14.3. The number of hydrogen-bond acceptors (Lipinski definition) is 5. The van der Waals surface area contributed by atoms with E-state index in [4.69, 9.17) is 0 Å². The Morgan fingerprint density at radius 3 is 2.85 bits per heavy atom. The quantitative estimate of drug-likeness (QED) is 0.601. The summed E-state index contributed by atoms with van der Waals surface area (Å²) >= 11 is 1.83. The summed E-state index contributed by atoms with van der Waals surface area (Å²) in [4.78, 5) is 3.22.